The van der Waals surface area contributed by atoms with Crippen LogP contribution in [-0.4, -0.2) is 28.8 Å². The topological polar surface area (TPSA) is 80.4 Å². The molecule has 4 nitrogen and oxygen atoms in total. The van der Waals surface area contributed by atoms with Gasteiger partial charge in [0.2, 0.25) is 0 Å². The predicted molar refractivity (Wildman–Crippen MR) is 174 cm³/mol. The first-order chi connectivity index (χ1) is 19.5. The van der Waals surface area contributed by atoms with E-state index < -0.39 is 5.60 Å². The minimum Gasteiger partial charge on any atom is -0.374 e. The number of carbonyl (C=O) groups excluding carboxylic acids is 2. The van der Waals surface area contributed by atoms with Crippen molar-refractivity contribution in [2.75, 3.05) is 6.54 Å². The third-order valence-electron chi connectivity index (χ3n) is 8.39. The molecule has 0 rings (SSSR count). The molecule has 40 heavy (non-hydrogen) atoms. The number of hydrogen-bond donors (Lipinski definition) is 2. The van der Waals surface area contributed by atoms with Crippen molar-refractivity contribution < 1.29 is 14.7 Å². The summed E-state index contributed by atoms with van der Waals surface area (Å²) in [6, 6.07) is 0. The molecule has 0 saturated heterocycles. The zero-order chi connectivity index (χ0) is 29.6. The Morgan fingerprint density at radius 3 is 1.07 bits per heavy atom. The number of Topliss-reactive ketones (excluding diaryl/α,β-unsaturated/α-hetero) is 2. The predicted octanol–water partition coefficient (Wildman–Crippen LogP) is 10.3. The van der Waals surface area contributed by atoms with Crippen LogP contribution in [-0.2, 0) is 9.59 Å². The van der Waals surface area contributed by atoms with Crippen LogP contribution in [0.1, 0.15) is 194 Å². The zero-order valence-corrected chi connectivity index (χ0v) is 27.0. The molecular formula is C36H69NO3. The van der Waals surface area contributed by atoms with Gasteiger partial charge in [-0.15, -0.1) is 0 Å². The van der Waals surface area contributed by atoms with Crippen molar-refractivity contribution in [2.24, 2.45) is 5.73 Å². The van der Waals surface area contributed by atoms with Crippen molar-refractivity contribution in [3.63, 3.8) is 0 Å². The molecule has 0 aliphatic rings. The zero-order valence-electron chi connectivity index (χ0n) is 27.0. The van der Waals surface area contributed by atoms with Crippen molar-refractivity contribution in [3.05, 3.63) is 12.2 Å². The van der Waals surface area contributed by atoms with E-state index in [4.69, 9.17) is 5.73 Å². The maximum Gasteiger partial charge on any atom is 0.193 e. The lowest BCUT2D eigenvalue weighted by Gasteiger charge is -2.23. The van der Waals surface area contributed by atoms with Gasteiger partial charge in [0.05, 0.1) is 0 Å². The van der Waals surface area contributed by atoms with E-state index in [0.717, 1.165) is 51.4 Å². The smallest absolute Gasteiger partial charge is 0.193 e. The van der Waals surface area contributed by atoms with Gasteiger partial charge in [-0.3, -0.25) is 9.59 Å². The molecule has 4 heteroatoms. The molecule has 236 valence electrons. The van der Waals surface area contributed by atoms with E-state index in [1.165, 1.54) is 116 Å². The summed E-state index contributed by atoms with van der Waals surface area (Å²) in [4.78, 5) is 25.3. The van der Waals surface area contributed by atoms with E-state index in [2.05, 4.69) is 26.0 Å². The number of nitrogens with two attached hydrogens (primary N) is 1. The number of ketones is 2. The molecule has 0 heterocycles. The second-order valence-electron chi connectivity index (χ2n) is 12.2. The van der Waals surface area contributed by atoms with Gasteiger partial charge >= 0.3 is 0 Å². The molecule has 0 aliphatic carbocycles. The fourth-order valence-electron chi connectivity index (χ4n) is 5.46. The molecule has 0 aromatic rings. The van der Waals surface area contributed by atoms with E-state index in [-0.39, 0.29) is 31.0 Å². The Morgan fingerprint density at radius 2 is 0.775 bits per heavy atom. The van der Waals surface area contributed by atoms with Gasteiger partial charge in [0.25, 0.3) is 0 Å². The van der Waals surface area contributed by atoms with Gasteiger partial charge < -0.3 is 10.8 Å². The van der Waals surface area contributed by atoms with Crippen LogP contribution >= 0.6 is 0 Å². The van der Waals surface area contributed by atoms with Gasteiger partial charge in [0.15, 0.2) is 17.2 Å². The molecule has 0 saturated carbocycles. The molecule has 1 atom stereocenters. The first-order valence-electron chi connectivity index (χ1n) is 17.7. The van der Waals surface area contributed by atoms with Gasteiger partial charge in [-0.05, 0) is 38.5 Å². The minimum atomic E-state index is -1.97. The Kier molecular flexibility index (Phi) is 28.8. The number of rotatable bonds is 32. The van der Waals surface area contributed by atoms with Crippen LogP contribution < -0.4 is 5.73 Å². The molecule has 0 amide bonds. The Morgan fingerprint density at radius 1 is 0.500 bits per heavy atom. The Bertz CT molecular complexity index is 603. The Labute approximate surface area is 249 Å². The molecular weight excluding hydrogens is 494 g/mol. The number of carbonyl (C=O) groups is 2. The monoisotopic (exact) mass is 564 g/mol. The van der Waals surface area contributed by atoms with Crippen molar-refractivity contribution in [1.29, 1.82) is 0 Å². The number of allylic oxidation sites excluding steroid dienone is 2. The van der Waals surface area contributed by atoms with Crippen LogP contribution in [0.15, 0.2) is 12.2 Å². The molecule has 0 aromatic heterocycles. The molecule has 3 N–H and O–H groups in total. The van der Waals surface area contributed by atoms with Crippen LogP contribution in [0.5, 0.6) is 0 Å². The molecule has 1 unspecified atom stereocenters. The van der Waals surface area contributed by atoms with Gasteiger partial charge in [-0.1, -0.05) is 154 Å². The van der Waals surface area contributed by atoms with Crippen molar-refractivity contribution in [2.45, 2.75) is 199 Å². The number of unbranched alkanes of at least 4 members (excludes halogenated alkanes) is 23. The third-order valence-corrected chi connectivity index (χ3v) is 8.39. The summed E-state index contributed by atoms with van der Waals surface area (Å²) in [5, 5.41) is 10.7. The maximum absolute atomic E-state index is 12.6. The first kappa shape index (κ1) is 39.0. The van der Waals surface area contributed by atoms with Crippen molar-refractivity contribution in [3.8, 4) is 0 Å². The standard InChI is InChI=1S/C36H69NO3/c1-3-5-7-9-11-13-15-17-18-20-22-24-26-28-30-32-35(39)36(40,33-37)34(38)31-29-27-25-23-21-19-16-14-12-10-8-6-4-2/h17-18,40H,3-16,19-33,37H2,1-2H3/b18-17-. The minimum absolute atomic E-state index is 0.246. The summed E-state index contributed by atoms with van der Waals surface area (Å²) in [5.74, 6) is -0.761. The Balaban J connectivity index is 3.75. The molecule has 0 spiro atoms. The first-order valence-corrected chi connectivity index (χ1v) is 17.7. The fourth-order valence-corrected chi connectivity index (χ4v) is 5.46. The van der Waals surface area contributed by atoms with E-state index >= 15 is 0 Å². The van der Waals surface area contributed by atoms with E-state index in [1.54, 1.807) is 0 Å². The van der Waals surface area contributed by atoms with Crippen LogP contribution in [0.3, 0.4) is 0 Å². The lowest BCUT2D eigenvalue weighted by Crippen LogP contribution is -2.52. The van der Waals surface area contributed by atoms with Gasteiger partial charge in [0, 0.05) is 19.4 Å². The highest BCUT2D eigenvalue weighted by Gasteiger charge is 2.40. The summed E-state index contributed by atoms with van der Waals surface area (Å²) < 4.78 is 0. The summed E-state index contributed by atoms with van der Waals surface area (Å²) in [6.45, 7) is 4.22. The van der Waals surface area contributed by atoms with Crippen LogP contribution in [0, 0.1) is 0 Å². The highest BCUT2D eigenvalue weighted by molar-refractivity contribution is 6.10. The van der Waals surface area contributed by atoms with Crippen LogP contribution in [0.4, 0.5) is 0 Å². The average molecular weight is 564 g/mol. The molecule has 0 aromatic carbocycles. The van der Waals surface area contributed by atoms with E-state index in [1.807, 2.05) is 0 Å². The molecule has 0 aliphatic heterocycles. The largest absolute Gasteiger partial charge is 0.374 e. The van der Waals surface area contributed by atoms with E-state index in [0.29, 0.717) is 0 Å². The van der Waals surface area contributed by atoms with Crippen LogP contribution in [0.25, 0.3) is 0 Å². The Hall–Kier alpha value is -1.00. The summed E-state index contributed by atoms with van der Waals surface area (Å²) in [5.41, 5.74) is 3.74. The number of aliphatic hydroxyl groups is 1. The molecule has 0 radical (unpaired) electrons. The summed E-state index contributed by atoms with van der Waals surface area (Å²) in [7, 11) is 0. The molecule has 0 bridgehead atoms. The highest BCUT2D eigenvalue weighted by Crippen LogP contribution is 2.18. The maximum atomic E-state index is 12.6. The van der Waals surface area contributed by atoms with Gasteiger partial charge in [-0.25, -0.2) is 0 Å². The number of hydrogen-bond acceptors (Lipinski definition) is 4. The van der Waals surface area contributed by atoms with E-state index in [9.17, 15) is 14.7 Å². The van der Waals surface area contributed by atoms with Crippen LogP contribution in [0.2, 0.25) is 0 Å². The lowest BCUT2D eigenvalue weighted by molar-refractivity contribution is -0.150. The molecule has 0 fully saturated rings. The van der Waals surface area contributed by atoms with Gasteiger partial charge in [0.1, 0.15) is 0 Å². The van der Waals surface area contributed by atoms with Gasteiger partial charge in [-0.2, -0.15) is 0 Å². The van der Waals surface area contributed by atoms with Crippen molar-refractivity contribution >= 4 is 11.6 Å². The normalized spacial score (nSPS) is 13.2. The average Bonchev–Trinajstić information content (AvgIpc) is 2.96. The SMILES string of the molecule is CCCCCCCC/C=C\CCCCCCCC(=O)C(O)(CN)C(=O)CCCCCCCCCCCCCCC. The summed E-state index contributed by atoms with van der Waals surface area (Å²) >= 11 is 0. The second kappa shape index (κ2) is 29.5. The quantitative estimate of drug-likeness (QED) is 0.0484. The lowest BCUT2D eigenvalue weighted by atomic mass is 9.87. The highest BCUT2D eigenvalue weighted by atomic mass is 16.3. The summed E-state index contributed by atoms with van der Waals surface area (Å²) in [6.07, 6.45) is 36.9. The fraction of sp³-hybridized carbons (Fsp3) is 0.889. The van der Waals surface area contributed by atoms with Crippen molar-refractivity contribution in [1.82, 2.24) is 0 Å². The third kappa shape index (κ3) is 22.7. The second-order valence-corrected chi connectivity index (χ2v) is 12.2.